The van der Waals surface area contributed by atoms with Crippen LogP contribution in [-0.4, -0.2) is 165 Å². The molecule has 1 rings (SSSR count). The van der Waals surface area contributed by atoms with Crippen molar-refractivity contribution in [1.29, 1.82) is 0 Å². The molecule has 57 heavy (non-hydrogen) atoms. The maximum absolute atomic E-state index is 11.2. The fraction of sp³-hybridized carbons (Fsp3) is 0.791. The summed E-state index contributed by atoms with van der Waals surface area (Å²) in [5.74, 6) is 0.469. The van der Waals surface area contributed by atoms with Crippen molar-refractivity contribution in [1.82, 2.24) is 0 Å². The van der Waals surface area contributed by atoms with Crippen LogP contribution in [0.5, 0.6) is 5.75 Å². The Morgan fingerprint density at radius 2 is 0.719 bits per heavy atom. The van der Waals surface area contributed by atoms with E-state index < -0.39 is 5.97 Å². The van der Waals surface area contributed by atoms with Gasteiger partial charge in [-0.3, -0.25) is 0 Å². The van der Waals surface area contributed by atoms with E-state index in [4.69, 9.17) is 61.6 Å². The predicted octanol–water partition coefficient (Wildman–Crippen LogP) is 5.66. The average molecular weight is 817 g/mol. The molecule has 0 radical (unpaired) electrons. The van der Waals surface area contributed by atoms with Crippen molar-refractivity contribution >= 4 is 5.97 Å². The third-order valence-corrected chi connectivity index (χ3v) is 8.02. The van der Waals surface area contributed by atoms with Gasteiger partial charge in [0.1, 0.15) is 19.0 Å². The molecule has 0 amide bonds. The number of ether oxygens (including phenoxy) is 13. The third kappa shape index (κ3) is 39.0. The second kappa shape index (κ2) is 43.4. The van der Waals surface area contributed by atoms with Crippen LogP contribution in [0.2, 0.25) is 0 Å². The highest BCUT2D eigenvalue weighted by Crippen LogP contribution is 2.15. The maximum Gasteiger partial charge on any atom is 0.333 e. The topological polar surface area (TPSA) is 137 Å². The fourth-order valence-corrected chi connectivity index (χ4v) is 4.87. The normalized spacial score (nSPS) is 11.3. The fourth-order valence-electron chi connectivity index (χ4n) is 4.87. The van der Waals surface area contributed by atoms with Crippen LogP contribution >= 0.6 is 0 Å². The van der Waals surface area contributed by atoms with Crippen molar-refractivity contribution in [3.8, 4) is 5.75 Å². The lowest BCUT2D eigenvalue weighted by atomic mass is 10.0. The lowest BCUT2D eigenvalue weighted by molar-refractivity contribution is -0.140. The Morgan fingerprint density at radius 3 is 1.05 bits per heavy atom. The number of esters is 1. The molecule has 0 saturated carbocycles. The Balaban J connectivity index is 1.67. The Hall–Kier alpha value is -2.21. The summed E-state index contributed by atoms with van der Waals surface area (Å²) in [5, 5.41) is 0. The van der Waals surface area contributed by atoms with Crippen LogP contribution in [0.3, 0.4) is 0 Å². The van der Waals surface area contributed by atoms with Gasteiger partial charge in [0.05, 0.1) is 145 Å². The van der Waals surface area contributed by atoms with Crippen LogP contribution in [0, 0.1) is 0 Å². The molecule has 0 N–H and O–H groups in total. The Labute approximate surface area is 343 Å². The molecule has 0 aromatic heterocycles. The van der Waals surface area contributed by atoms with E-state index >= 15 is 0 Å². The smallest absolute Gasteiger partial charge is 0.333 e. The lowest BCUT2D eigenvalue weighted by Crippen LogP contribution is -2.16. The Bertz CT molecular complexity index is 997. The molecular formula is C43H76O14. The molecule has 0 unspecified atom stereocenters. The summed E-state index contributed by atoms with van der Waals surface area (Å²) in [4.78, 5) is 11.2. The molecule has 0 aliphatic heterocycles. The number of carbonyl (C=O) groups excluding carboxylic acids is 1. The highest BCUT2D eigenvalue weighted by molar-refractivity contribution is 5.86. The molecule has 0 atom stereocenters. The molecular weight excluding hydrogens is 740 g/mol. The first-order valence-corrected chi connectivity index (χ1v) is 21.0. The molecule has 0 bridgehead atoms. The highest BCUT2D eigenvalue weighted by atomic mass is 16.6. The van der Waals surface area contributed by atoms with Crippen molar-refractivity contribution in [3.05, 3.63) is 42.0 Å². The lowest BCUT2D eigenvalue weighted by Gasteiger charge is -2.09. The molecule has 0 aliphatic rings. The molecule has 1 aromatic carbocycles. The predicted molar refractivity (Wildman–Crippen MR) is 218 cm³/mol. The van der Waals surface area contributed by atoms with Gasteiger partial charge in [0.25, 0.3) is 0 Å². The van der Waals surface area contributed by atoms with E-state index in [2.05, 4.69) is 37.8 Å². The maximum atomic E-state index is 11.2. The number of hydrogen-bond acceptors (Lipinski definition) is 14. The van der Waals surface area contributed by atoms with E-state index in [1.807, 2.05) is 0 Å². The molecule has 0 spiro atoms. The second-order valence-electron chi connectivity index (χ2n) is 13.0. The van der Waals surface area contributed by atoms with Gasteiger partial charge in [-0.05, 0) is 37.5 Å². The van der Waals surface area contributed by atoms with Crippen molar-refractivity contribution in [3.63, 3.8) is 0 Å². The van der Waals surface area contributed by atoms with Crippen molar-refractivity contribution in [2.75, 3.05) is 159 Å². The molecule has 0 saturated heterocycles. The Kier molecular flexibility index (Phi) is 40.2. The van der Waals surface area contributed by atoms with Gasteiger partial charge >= 0.3 is 5.97 Å². The number of aryl methyl sites for hydroxylation is 1. The average Bonchev–Trinajstić information content (AvgIpc) is 3.22. The van der Waals surface area contributed by atoms with E-state index in [1.165, 1.54) is 50.5 Å². The first kappa shape index (κ1) is 52.8. The molecule has 0 fully saturated rings. The monoisotopic (exact) mass is 817 g/mol. The minimum Gasteiger partial charge on any atom is -0.491 e. The standard InChI is InChI=1S/C43H76O14/c1-4-5-6-7-8-9-10-11-41-12-14-42(15-13-41)56-38-36-54-34-32-52-30-28-50-26-24-48-22-20-46-18-16-45-17-19-47-21-23-49-25-27-51-29-31-53-33-35-55-37-39-57-43(44)40(2)3/h12-15H,2,4-11,16-39H2,1,3H3. The van der Waals surface area contributed by atoms with Crippen LogP contribution < -0.4 is 4.74 Å². The summed E-state index contributed by atoms with van der Waals surface area (Å²) in [6.07, 6.45) is 10.5. The number of benzene rings is 1. The van der Waals surface area contributed by atoms with Crippen LogP contribution in [0.15, 0.2) is 36.4 Å². The number of rotatable bonds is 46. The van der Waals surface area contributed by atoms with Gasteiger partial charge in [-0.2, -0.15) is 0 Å². The number of hydrogen-bond donors (Lipinski definition) is 0. The van der Waals surface area contributed by atoms with Crippen molar-refractivity contribution in [2.45, 2.75) is 65.2 Å². The van der Waals surface area contributed by atoms with Gasteiger partial charge in [-0.1, -0.05) is 64.2 Å². The third-order valence-electron chi connectivity index (χ3n) is 8.02. The molecule has 0 heterocycles. The van der Waals surface area contributed by atoms with E-state index in [-0.39, 0.29) is 6.61 Å². The minimum absolute atomic E-state index is 0.198. The van der Waals surface area contributed by atoms with Crippen LogP contribution in [0.4, 0.5) is 0 Å². The first-order chi connectivity index (χ1) is 28.1. The van der Waals surface area contributed by atoms with Crippen LogP contribution in [0.25, 0.3) is 0 Å². The van der Waals surface area contributed by atoms with Crippen molar-refractivity contribution < 1.29 is 66.4 Å². The summed E-state index contributed by atoms with van der Waals surface area (Å²) in [5.41, 5.74) is 1.75. The first-order valence-electron chi connectivity index (χ1n) is 21.0. The summed E-state index contributed by atoms with van der Waals surface area (Å²) in [7, 11) is 0. The Morgan fingerprint density at radius 1 is 0.421 bits per heavy atom. The summed E-state index contributed by atoms with van der Waals surface area (Å²) >= 11 is 0. The van der Waals surface area contributed by atoms with Crippen LogP contribution in [0.1, 0.15) is 64.4 Å². The number of carbonyl (C=O) groups is 1. The van der Waals surface area contributed by atoms with Gasteiger partial charge in [0.2, 0.25) is 0 Å². The van der Waals surface area contributed by atoms with E-state index in [0.29, 0.717) is 158 Å². The highest BCUT2D eigenvalue weighted by Gasteiger charge is 2.02. The van der Waals surface area contributed by atoms with E-state index in [9.17, 15) is 4.79 Å². The summed E-state index contributed by atoms with van der Waals surface area (Å²) in [6.45, 7) is 18.8. The van der Waals surface area contributed by atoms with E-state index in [1.54, 1.807) is 6.92 Å². The van der Waals surface area contributed by atoms with E-state index in [0.717, 1.165) is 12.2 Å². The SMILES string of the molecule is C=C(C)C(=O)OCCOCCOCCOCCOCCOCCOCCOCCOCCOCCOCCOCCOc1ccc(CCCCCCCCC)cc1. The quantitative estimate of drug-likeness (QED) is 0.0455. The largest absolute Gasteiger partial charge is 0.491 e. The van der Waals surface area contributed by atoms with Gasteiger partial charge in [-0.25, -0.2) is 4.79 Å². The zero-order chi connectivity index (χ0) is 41.0. The summed E-state index contributed by atoms with van der Waals surface area (Å²) < 4.78 is 71.1. The molecule has 14 heteroatoms. The van der Waals surface area contributed by atoms with Crippen LogP contribution in [-0.2, 0) is 68.1 Å². The number of unbranched alkanes of at least 4 members (excludes halogenated alkanes) is 6. The minimum atomic E-state index is -0.413. The molecule has 0 aliphatic carbocycles. The zero-order valence-electron chi connectivity index (χ0n) is 35.4. The summed E-state index contributed by atoms with van der Waals surface area (Å²) in [6, 6.07) is 8.44. The van der Waals surface area contributed by atoms with Gasteiger partial charge in [0.15, 0.2) is 0 Å². The molecule has 1 aromatic rings. The van der Waals surface area contributed by atoms with Gasteiger partial charge < -0.3 is 61.6 Å². The zero-order valence-corrected chi connectivity index (χ0v) is 35.4. The second-order valence-corrected chi connectivity index (χ2v) is 13.0. The van der Waals surface area contributed by atoms with Crippen molar-refractivity contribution in [2.24, 2.45) is 0 Å². The van der Waals surface area contributed by atoms with Gasteiger partial charge in [-0.15, -0.1) is 0 Å². The molecule has 14 nitrogen and oxygen atoms in total. The van der Waals surface area contributed by atoms with Gasteiger partial charge in [0, 0.05) is 5.57 Å². The molecule has 332 valence electrons.